The Balaban J connectivity index is 2.47. The molecule has 0 saturated carbocycles. The lowest BCUT2D eigenvalue weighted by Gasteiger charge is -2.09. The zero-order valence-corrected chi connectivity index (χ0v) is 5.84. The highest BCUT2D eigenvalue weighted by Crippen LogP contribution is 2.19. The molecule has 0 unspecified atom stereocenters. The fourth-order valence-corrected chi connectivity index (χ4v) is 1.09. The van der Waals surface area contributed by atoms with Gasteiger partial charge in [0.05, 0.1) is 11.9 Å². The zero-order chi connectivity index (χ0) is 7.68. The Labute approximate surface area is 63.9 Å². The standard InChI is InChI=1S/C9H6FN/c10-8-4-3-7-2-1-5-11-9(7)6-8/h2-5H,6H2. The van der Waals surface area contributed by atoms with E-state index < -0.39 is 0 Å². The maximum absolute atomic E-state index is 12.6. The van der Waals surface area contributed by atoms with E-state index in [2.05, 4.69) is 10.7 Å². The Morgan fingerprint density at radius 1 is 1.45 bits per heavy atom. The second kappa shape index (κ2) is 2.33. The van der Waals surface area contributed by atoms with E-state index in [0.29, 0.717) is 6.42 Å². The monoisotopic (exact) mass is 147 g/mol. The summed E-state index contributed by atoms with van der Waals surface area (Å²) in [5.41, 5.74) is 4.60. The van der Waals surface area contributed by atoms with Gasteiger partial charge in [0.1, 0.15) is 5.83 Å². The molecule has 0 atom stereocenters. The Hall–Kier alpha value is -1.40. The predicted molar refractivity (Wildman–Crippen MR) is 42.0 cm³/mol. The summed E-state index contributed by atoms with van der Waals surface area (Å²) in [6.07, 6.45) is 6.88. The molecule has 0 aromatic heterocycles. The molecule has 0 radical (unpaired) electrons. The van der Waals surface area contributed by atoms with Gasteiger partial charge < -0.3 is 0 Å². The lowest BCUT2D eigenvalue weighted by molar-refractivity contribution is 0.623. The minimum atomic E-state index is -0.129. The third-order valence-corrected chi connectivity index (χ3v) is 1.65. The van der Waals surface area contributed by atoms with E-state index in [0.717, 1.165) is 11.3 Å². The number of aliphatic imine (C=N–C) groups is 1. The van der Waals surface area contributed by atoms with Crippen LogP contribution in [0.3, 0.4) is 0 Å². The minimum absolute atomic E-state index is 0.129. The second-order valence-corrected chi connectivity index (χ2v) is 2.43. The summed E-state index contributed by atoms with van der Waals surface area (Å²) < 4.78 is 12.6. The Morgan fingerprint density at radius 2 is 2.36 bits per heavy atom. The van der Waals surface area contributed by atoms with Gasteiger partial charge in [-0.15, -0.1) is 5.73 Å². The van der Waals surface area contributed by atoms with Gasteiger partial charge >= 0.3 is 0 Å². The van der Waals surface area contributed by atoms with Crippen LogP contribution in [0.5, 0.6) is 0 Å². The summed E-state index contributed by atoms with van der Waals surface area (Å²) in [6, 6.07) is 0. The van der Waals surface area contributed by atoms with Crippen molar-refractivity contribution in [3.8, 4) is 0 Å². The summed E-state index contributed by atoms with van der Waals surface area (Å²) >= 11 is 0. The van der Waals surface area contributed by atoms with E-state index >= 15 is 0 Å². The van der Waals surface area contributed by atoms with Crippen molar-refractivity contribution in [1.82, 2.24) is 0 Å². The van der Waals surface area contributed by atoms with Crippen molar-refractivity contribution >= 4 is 5.71 Å². The van der Waals surface area contributed by atoms with Gasteiger partial charge in [0.25, 0.3) is 0 Å². The topological polar surface area (TPSA) is 12.4 Å². The highest BCUT2D eigenvalue weighted by molar-refractivity contribution is 6.05. The van der Waals surface area contributed by atoms with Gasteiger partial charge in [0.2, 0.25) is 0 Å². The van der Waals surface area contributed by atoms with E-state index in [1.807, 2.05) is 6.08 Å². The van der Waals surface area contributed by atoms with Gasteiger partial charge in [-0.2, -0.15) is 0 Å². The summed E-state index contributed by atoms with van der Waals surface area (Å²) in [5.74, 6) is -0.129. The molecular weight excluding hydrogens is 141 g/mol. The van der Waals surface area contributed by atoms with Crippen molar-refractivity contribution in [2.75, 3.05) is 0 Å². The number of allylic oxidation sites excluding steroid dienone is 5. The predicted octanol–water partition coefficient (Wildman–Crippen LogP) is 2.29. The summed E-state index contributed by atoms with van der Waals surface area (Å²) in [4.78, 5) is 4.00. The smallest absolute Gasteiger partial charge is 0.106 e. The largest absolute Gasteiger partial charge is 0.252 e. The number of hydrogen-bond acceptors (Lipinski definition) is 1. The average Bonchev–Trinajstić information content (AvgIpc) is 2.04. The number of nitrogens with zero attached hydrogens (tertiary/aromatic N) is 1. The molecule has 0 aromatic carbocycles. The van der Waals surface area contributed by atoms with Crippen molar-refractivity contribution in [2.24, 2.45) is 4.99 Å². The number of fused-ring (bicyclic) bond motifs is 1. The highest BCUT2D eigenvalue weighted by atomic mass is 19.1. The summed E-state index contributed by atoms with van der Waals surface area (Å²) in [6.45, 7) is 0. The van der Waals surface area contributed by atoms with Crippen molar-refractivity contribution in [1.29, 1.82) is 0 Å². The third kappa shape index (κ3) is 1.08. The normalized spacial score (nSPS) is 20.3. The number of rotatable bonds is 0. The maximum Gasteiger partial charge on any atom is 0.106 e. The maximum atomic E-state index is 12.6. The fraction of sp³-hybridized carbons (Fsp3) is 0.111. The molecule has 2 rings (SSSR count). The van der Waals surface area contributed by atoms with Crippen LogP contribution in [0.2, 0.25) is 0 Å². The first-order chi connectivity index (χ1) is 5.36. The van der Waals surface area contributed by atoms with Crippen LogP contribution in [0.15, 0.2) is 46.6 Å². The first-order valence-electron chi connectivity index (χ1n) is 3.40. The van der Waals surface area contributed by atoms with Gasteiger partial charge in [0.15, 0.2) is 0 Å². The van der Waals surface area contributed by atoms with Crippen LogP contribution >= 0.6 is 0 Å². The van der Waals surface area contributed by atoms with Crippen molar-refractivity contribution in [2.45, 2.75) is 6.42 Å². The summed E-state index contributed by atoms with van der Waals surface area (Å²) in [7, 11) is 0. The SMILES string of the molecule is FC1=CC=C2C=C=CN=C2C1. The zero-order valence-electron chi connectivity index (χ0n) is 5.84. The molecule has 0 fully saturated rings. The van der Waals surface area contributed by atoms with Crippen LogP contribution in [0.1, 0.15) is 6.42 Å². The van der Waals surface area contributed by atoms with Crippen LogP contribution < -0.4 is 0 Å². The molecule has 1 heterocycles. The van der Waals surface area contributed by atoms with E-state index in [1.54, 1.807) is 12.3 Å². The van der Waals surface area contributed by atoms with Crippen molar-refractivity contribution in [3.05, 3.63) is 41.6 Å². The van der Waals surface area contributed by atoms with Gasteiger partial charge in [-0.1, -0.05) is 0 Å². The molecule has 0 amide bonds. The summed E-state index contributed by atoms with van der Waals surface area (Å²) in [5, 5.41) is 0. The third-order valence-electron chi connectivity index (χ3n) is 1.65. The van der Waals surface area contributed by atoms with Crippen LogP contribution in [0, 0.1) is 0 Å². The van der Waals surface area contributed by atoms with Gasteiger partial charge in [-0.3, -0.25) is 4.99 Å². The Morgan fingerprint density at radius 3 is 3.27 bits per heavy atom. The minimum Gasteiger partial charge on any atom is -0.252 e. The van der Waals surface area contributed by atoms with Crippen LogP contribution in [-0.4, -0.2) is 5.71 Å². The lowest BCUT2D eigenvalue weighted by atomic mass is 10.0. The Kier molecular flexibility index (Phi) is 1.34. The molecule has 1 nitrogen and oxygen atoms in total. The molecule has 11 heavy (non-hydrogen) atoms. The van der Waals surface area contributed by atoms with Crippen molar-refractivity contribution < 1.29 is 4.39 Å². The van der Waals surface area contributed by atoms with Crippen LogP contribution in [0.25, 0.3) is 0 Å². The van der Waals surface area contributed by atoms with Crippen LogP contribution in [-0.2, 0) is 0 Å². The second-order valence-electron chi connectivity index (χ2n) is 2.43. The van der Waals surface area contributed by atoms with E-state index in [1.165, 1.54) is 6.08 Å². The van der Waals surface area contributed by atoms with Gasteiger partial charge in [-0.05, 0) is 18.2 Å². The van der Waals surface area contributed by atoms with Gasteiger partial charge in [0, 0.05) is 12.0 Å². The molecule has 0 bridgehead atoms. The molecule has 0 aromatic rings. The first kappa shape index (κ1) is 6.32. The average molecular weight is 147 g/mol. The number of halogens is 1. The van der Waals surface area contributed by atoms with E-state index in [9.17, 15) is 4.39 Å². The molecule has 54 valence electrons. The molecular formula is C9H6FN. The molecule has 0 N–H and O–H groups in total. The van der Waals surface area contributed by atoms with Crippen LogP contribution in [0.4, 0.5) is 4.39 Å². The van der Waals surface area contributed by atoms with E-state index in [-0.39, 0.29) is 5.83 Å². The first-order valence-corrected chi connectivity index (χ1v) is 3.40. The molecule has 2 aliphatic rings. The van der Waals surface area contributed by atoms with Crippen molar-refractivity contribution in [3.63, 3.8) is 0 Å². The molecule has 0 spiro atoms. The fourth-order valence-electron chi connectivity index (χ4n) is 1.09. The Bertz CT molecular complexity index is 339. The molecule has 2 heteroatoms. The molecule has 1 aliphatic heterocycles. The molecule has 0 saturated heterocycles. The van der Waals surface area contributed by atoms with Gasteiger partial charge in [-0.25, -0.2) is 4.39 Å². The number of hydrogen-bond donors (Lipinski definition) is 0. The highest BCUT2D eigenvalue weighted by Gasteiger charge is 2.11. The molecule has 1 aliphatic carbocycles. The quantitative estimate of drug-likeness (QED) is 0.466. The lowest BCUT2D eigenvalue weighted by Crippen LogP contribution is -2.05. The van der Waals surface area contributed by atoms with E-state index in [4.69, 9.17) is 0 Å².